The van der Waals surface area contributed by atoms with Gasteiger partial charge in [0.15, 0.2) is 11.5 Å². The summed E-state index contributed by atoms with van der Waals surface area (Å²) in [5.74, 6) is -0.648. The quantitative estimate of drug-likeness (QED) is 0.236. The molecule has 0 N–H and O–H groups in total. The molecule has 0 spiro atoms. The highest BCUT2D eigenvalue weighted by Crippen LogP contribution is 2.29. The second-order valence-corrected chi connectivity index (χ2v) is 9.34. The number of furan rings is 1. The molecule has 0 aliphatic carbocycles. The fourth-order valence-corrected chi connectivity index (χ4v) is 4.42. The second-order valence-electron chi connectivity index (χ2n) is 7.41. The number of carbonyl (C=O) groups excluding carboxylic acids is 2. The van der Waals surface area contributed by atoms with Crippen molar-refractivity contribution in [1.29, 1.82) is 0 Å². The van der Waals surface area contributed by atoms with Crippen LogP contribution in [0.1, 0.15) is 16.9 Å². The number of hydrogen-bond acceptors (Lipinski definition) is 8. The van der Waals surface area contributed by atoms with Crippen molar-refractivity contribution in [3.05, 3.63) is 83.8 Å². The molecule has 35 heavy (non-hydrogen) atoms. The van der Waals surface area contributed by atoms with E-state index < -0.39 is 28.5 Å². The maximum absolute atomic E-state index is 13.3. The van der Waals surface area contributed by atoms with E-state index in [-0.39, 0.29) is 22.9 Å². The molecule has 3 rings (SSSR count). The van der Waals surface area contributed by atoms with Crippen LogP contribution in [0.15, 0.2) is 76.2 Å². The molecule has 9 nitrogen and oxygen atoms in total. The number of rotatable bonds is 10. The fraction of sp³-hybridized carbons (Fsp3) is 0.200. The summed E-state index contributed by atoms with van der Waals surface area (Å²) in [4.78, 5) is 24.1. The van der Waals surface area contributed by atoms with Gasteiger partial charge in [-0.3, -0.25) is 4.79 Å². The molecular formula is C25H25NO8S. The van der Waals surface area contributed by atoms with Gasteiger partial charge in [0.1, 0.15) is 12.3 Å². The van der Waals surface area contributed by atoms with E-state index in [0.29, 0.717) is 11.3 Å². The summed E-state index contributed by atoms with van der Waals surface area (Å²) in [6.07, 6.45) is 4.17. The summed E-state index contributed by atoms with van der Waals surface area (Å²) in [6, 6.07) is 14.2. The summed E-state index contributed by atoms with van der Waals surface area (Å²) in [5, 5.41) is 0. The third kappa shape index (κ3) is 6.81. The third-order valence-corrected chi connectivity index (χ3v) is 6.71. The predicted molar refractivity (Wildman–Crippen MR) is 127 cm³/mol. The molecule has 2 aromatic carbocycles. The molecular weight excluding hydrogens is 474 g/mol. The van der Waals surface area contributed by atoms with Crippen molar-refractivity contribution in [2.24, 2.45) is 0 Å². The van der Waals surface area contributed by atoms with Crippen LogP contribution >= 0.6 is 0 Å². The smallest absolute Gasteiger partial charge is 0.330 e. The zero-order chi connectivity index (χ0) is 25.4. The first-order chi connectivity index (χ1) is 16.7. The van der Waals surface area contributed by atoms with Gasteiger partial charge in [0, 0.05) is 6.08 Å². The van der Waals surface area contributed by atoms with Crippen LogP contribution in [0, 0.1) is 6.92 Å². The average molecular weight is 500 g/mol. The Morgan fingerprint density at radius 2 is 1.77 bits per heavy atom. The largest absolute Gasteiger partial charge is 0.493 e. The normalized spacial score (nSPS) is 11.5. The number of nitrogens with zero attached hydrogens (tertiary/aromatic N) is 1. The molecule has 1 heterocycles. The number of esters is 2. The van der Waals surface area contributed by atoms with Crippen LogP contribution in [0.25, 0.3) is 6.08 Å². The summed E-state index contributed by atoms with van der Waals surface area (Å²) in [7, 11) is -1.37. The predicted octanol–water partition coefficient (Wildman–Crippen LogP) is 3.58. The van der Waals surface area contributed by atoms with Crippen LogP contribution in [-0.4, -0.2) is 45.4 Å². The summed E-state index contributed by atoms with van der Waals surface area (Å²) >= 11 is 0. The standard InChI is InChI=1S/C25H25NO8S/c1-18-6-10-21(11-7-18)35(29,30)26(16-20-5-4-14-33-20)17-25(28)34-22-12-8-19(15-23(22)31-2)9-13-24(27)32-3/h4-15H,16-17H2,1-3H3/b13-9+. The van der Waals surface area contributed by atoms with Crippen LogP contribution in [0.5, 0.6) is 11.5 Å². The second kappa shape index (κ2) is 11.5. The van der Waals surface area contributed by atoms with Crippen LogP contribution in [0.2, 0.25) is 0 Å². The molecule has 0 fully saturated rings. The zero-order valence-electron chi connectivity index (χ0n) is 19.5. The lowest BCUT2D eigenvalue weighted by Crippen LogP contribution is -2.36. The number of sulfonamides is 1. The van der Waals surface area contributed by atoms with Gasteiger partial charge in [-0.2, -0.15) is 4.31 Å². The molecule has 3 aromatic rings. The molecule has 0 bridgehead atoms. The van der Waals surface area contributed by atoms with Gasteiger partial charge < -0.3 is 18.6 Å². The van der Waals surface area contributed by atoms with Crippen molar-refractivity contribution in [2.45, 2.75) is 18.4 Å². The van der Waals surface area contributed by atoms with Crippen molar-refractivity contribution in [1.82, 2.24) is 4.31 Å². The van der Waals surface area contributed by atoms with Crippen molar-refractivity contribution in [2.75, 3.05) is 20.8 Å². The van der Waals surface area contributed by atoms with Crippen molar-refractivity contribution < 1.29 is 36.6 Å². The van der Waals surface area contributed by atoms with Gasteiger partial charge in [-0.1, -0.05) is 23.8 Å². The van der Waals surface area contributed by atoms with Crippen LogP contribution in [-0.2, 0) is 30.9 Å². The lowest BCUT2D eigenvalue weighted by atomic mass is 10.2. The number of methoxy groups -OCH3 is 2. The fourth-order valence-electron chi connectivity index (χ4n) is 3.06. The van der Waals surface area contributed by atoms with E-state index in [1.165, 1.54) is 50.8 Å². The molecule has 1 aromatic heterocycles. The molecule has 0 saturated carbocycles. The van der Waals surface area contributed by atoms with E-state index in [0.717, 1.165) is 9.87 Å². The zero-order valence-corrected chi connectivity index (χ0v) is 20.3. The van der Waals surface area contributed by atoms with Crippen LogP contribution in [0.4, 0.5) is 0 Å². The van der Waals surface area contributed by atoms with Gasteiger partial charge >= 0.3 is 11.9 Å². The molecule has 0 aliphatic heterocycles. The Hall–Kier alpha value is -3.89. The summed E-state index contributed by atoms with van der Waals surface area (Å²) in [5.41, 5.74) is 1.51. The van der Waals surface area contributed by atoms with Gasteiger partial charge in [-0.25, -0.2) is 13.2 Å². The van der Waals surface area contributed by atoms with E-state index in [1.54, 1.807) is 36.4 Å². The van der Waals surface area contributed by atoms with Crippen molar-refractivity contribution in [3.63, 3.8) is 0 Å². The van der Waals surface area contributed by atoms with Gasteiger partial charge in [-0.15, -0.1) is 0 Å². The molecule has 0 aliphatic rings. The molecule has 0 saturated heterocycles. The SMILES string of the molecule is COC(=O)/C=C/c1ccc(OC(=O)CN(Cc2ccco2)S(=O)(=O)c2ccc(C)cc2)c(OC)c1. The van der Waals surface area contributed by atoms with E-state index in [9.17, 15) is 18.0 Å². The first-order valence-electron chi connectivity index (χ1n) is 10.5. The van der Waals surface area contributed by atoms with E-state index in [4.69, 9.17) is 13.9 Å². The van der Waals surface area contributed by atoms with E-state index in [2.05, 4.69) is 4.74 Å². The topological polar surface area (TPSA) is 112 Å². The molecule has 0 unspecified atom stereocenters. The monoisotopic (exact) mass is 499 g/mol. The van der Waals surface area contributed by atoms with E-state index in [1.807, 2.05) is 6.92 Å². The number of benzene rings is 2. The van der Waals surface area contributed by atoms with Gasteiger partial charge in [-0.05, 0) is 55.0 Å². The molecule has 10 heteroatoms. The lowest BCUT2D eigenvalue weighted by Gasteiger charge is -2.21. The molecule has 0 atom stereocenters. The Labute approximate surface area is 203 Å². The minimum Gasteiger partial charge on any atom is -0.493 e. The highest BCUT2D eigenvalue weighted by atomic mass is 32.2. The highest BCUT2D eigenvalue weighted by Gasteiger charge is 2.29. The Morgan fingerprint density at radius 3 is 2.40 bits per heavy atom. The van der Waals surface area contributed by atoms with E-state index >= 15 is 0 Å². The summed E-state index contributed by atoms with van der Waals surface area (Å²) < 4.78 is 48.1. The van der Waals surface area contributed by atoms with Gasteiger partial charge in [0.05, 0.1) is 31.9 Å². The van der Waals surface area contributed by atoms with Crippen LogP contribution in [0.3, 0.4) is 0 Å². The van der Waals surface area contributed by atoms with Gasteiger partial charge in [0.2, 0.25) is 10.0 Å². The first-order valence-corrected chi connectivity index (χ1v) is 11.9. The van der Waals surface area contributed by atoms with Crippen LogP contribution < -0.4 is 9.47 Å². The Morgan fingerprint density at radius 1 is 1.03 bits per heavy atom. The van der Waals surface area contributed by atoms with Crippen molar-refractivity contribution in [3.8, 4) is 11.5 Å². The minimum absolute atomic E-state index is 0.0433. The number of carbonyl (C=O) groups is 2. The van der Waals surface area contributed by atoms with Crippen molar-refractivity contribution >= 4 is 28.0 Å². The molecule has 0 amide bonds. The Kier molecular flexibility index (Phi) is 8.45. The minimum atomic E-state index is -4.03. The number of aryl methyl sites for hydroxylation is 1. The summed E-state index contributed by atoms with van der Waals surface area (Å²) in [6.45, 7) is 1.12. The molecule has 0 radical (unpaired) electrons. The first kappa shape index (κ1) is 25.7. The highest BCUT2D eigenvalue weighted by molar-refractivity contribution is 7.89. The number of ether oxygens (including phenoxy) is 3. The lowest BCUT2D eigenvalue weighted by molar-refractivity contribution is -0.135. The van der Waals surface area contributed by atoms with Gasteiger partial charge in [0.25, 0.3) is 0 Å². The maximum Gasteiger partial charge on any atom is 0.330 e. The maximum atomic E-state index is 13.3. The Balaban J connectivity index is 1.81. The average Bonchev–Trinajstić information content (AvgIpc) is 3.36. The molecule has 184 valence electrons. The third-order valence-electron chi connectivity index (χ3n) is 4.90. The number of hydrogen-bond donors (Lipinski definition) is 0. The Bertz CT molecular complexity index is 1300.